The highest BCUT2D eigenvalue weighted by Gasteiger charge is 2.51. The van der Waals surface area contributed by atoms with Gasteiger partial charge < -0.3 is 5.11 Å². The molecule has 0 fully saturated rings. The molecule has 1 unspecified atom stereocenters. The minimum Gasteiger partial charge on any atom is -0.376 e. The maximum atomic E-state index is 12.9. The van der Waals surface area contributed by atoms with Crippen LogP contribution in [0.15, 0.2) is 47.4 Å². The summed E-state index contributed by atoms with van der Waals surface area (Å²) in [5.74, 6) is 0. The molecular formula is C17H16Cl2F3NO3S. The molecule has 2 aromatic carbocycles. The molecule has 0 saturated carbocycles. The average Bonchev–Trinajstić information content (AvgIpc) is 2.55. The summed E-state index contributed by atoms with van der Waals surface area (Å²) < 4.78 is 65.5. The topological polar surface area (TPSA) is 66.4 Å². The number of nitrogens with one attached hydrogen (secondary N) is 1. The van der Waals surface area contributed by atoms with E-state index in [1.165, 1.54) is 24.3 Å². The van der Waals surface area contributed by atoms with Gasteiger partial charge in [-0.3, -0.25) is 0 Å². The second kappa shape index (κ2) is 7.97. The summed E-state index contributed by atoms with van der Waals surface area (Å²) in [5.41, 5.74) is -3.01. The summed E-state index contributed by atoms with van der Waals surface area (Å²) in [5, 5.41) is 9.75. The van der Waals surface area contributed by atoms with Crippen molar-refractivity contribution >= 4 is 33.2 Å². The van der Waals surface area contributed by atoms with Crippen LogP contribution in [-0.4, -0.2) is 26.2 Å². The van der Waals surface area contributed by atoms with Gasteiger partial charge in [0.05, 0.1) is 5.02 Å². The largest absolute Gasteiger partial charge is 0.421 e. The molecule has 148 valence electrons. The lowest BCUT2D eigenvalue weighted by Crippen LogP contribution is -2.39. The van der Waals surface area contributed by atoms with Crippen molar-refractivity contribution in [3.8, 4) is 0 Å². The molecule has 0 aliphatic carbocycles. The van der Waals surface area contributed by atoms with Crippen LogP contribution in [0.2, 0.25) is 10.0 Å². The van der Waals surface area contributed by atoms with E-state index in [2.05, 4.69) is 4.72 Å². The van der Waals surface area contributed by atoms with Crippen molar-refractivity contribution < 1.29 is 26.7 Å². The maximum absolute atomic E-state index is 12.9. The van der Waals surface area contributed by atoms with Crippen LogP contribution in [0.25, 0.3) is 0 Å². The highest BCUT2D eigenvalue weighted by atomic mass is 35.5. The molecule has 0 amide bonds. The minimum atomic E-state index is -4.86. The van der Waals surface area contributed by atoms with E-state index in [1.807, 2.05) is 0 Å². The lowest BCUT2D eigenvalue weighted by atomic mass is 9.94. The van der Waals surface area contributed by atoms with E-state index < -0.39 is 27.4 Å². The van der Waals surface area contributed by atoms with E-state index in [9.17, 15) is 26.7 Å². The van der Waals surface area contributed by atoms with Crippen molar-refractivity contribution in [3.05, 3.63) is 63.6 Å². The molecule has 0 aliphatic rings. The van der Waals surface area contributed by atoms with Gasteiger partial charge in [-0.2, -0.15) is 13.2 Å². The number of alkyl halides is 3. The molecule has 0 aliphatic heterocycles. The Balaban J connectivity index is 2.10. The molecule has 2 N–H and O–H groups in total. The number of benzene rings is 2. The van der Waals surface area contributed by atoms with Crippen molar-refractivity contribution in [3.63, 3.8) is 0 Å². The van der Waals surface area contributed by atoms with E-state index in [4.69, 9.17) is 23.2 Å². The number of aliphatic hydroxyl groups is 1. The molecule has 0 heterocycles. The molecule has 0 spiro atoms. The Morgan fingerprint density at radius 2 is 1.70 bits per heavy atom. The highest BCUT2D eigenvalue weighted by Crippen LogP contribution is 2.39. The molecule has 2 rings (SSSR count). The molecule has 0 radical (unpaired) electrons. The third-order valence-corrected chi connectivity index (χ3v) is 6.29. The van der Waals surface area contributed by atoms with Gasteiger partial charge in [-0.15, -0.1) is 0 Å². The number of rotatable bonds is 6. The van der Waals surface area contributed by atoms with Crippen LogP contribution in [-0.2, 0) is 22.0 Å². The van der Waals surface area contributed by atoms with Gasteiger partial charge in [-0.1, -0.05) is 47.5 Å². The van der Waals surface area contributed by atoms with Crippen LogP contribution in [0.3, 0.4) is 0 Å². The molecule has 10 heteroatoms. The lowest BCUT2D eigenvalue weighted by molar-refractivity contribution is -0.258. The van der Waals surface area contributed by atoms with Crippen molar-refractivity contribution in [1.82, 2.24) is 4.72 Å². The number of sulfonamides is 1. The fourth-order valence-corrected chi connectivity index (χ4v) is 4.10. The van der Waals surface area contributed by atoms with Crippen molar-refractivity contribution in [2.45, 2.75) is 30.0 Å². The fraction of sp³-hybridized carbons (Fsp3) is 0.294. The summed E-state index contributed by atoms with van der Waals surface area (Å²) in [6.07, 6.45) is -4.72. The van der Waals surface area contributed by atoms with Gasteiger partial charge in [0.25, 0.3) is 0 Å². The quantitative estimate of drug-likeness (QED) is 0.702. The summed E-state index contributed by atoms with van der Waals surface area (Å²) in [4.78, 5) is -0.0747. The van der Waals surface area contributed by atoms with Crippen LogP contribution >= 0.6 is 23.2 Å². The SMILES string of the molecule is CC(O)(c1ccc(CCNS(=O)(=O)c2ccccc2Cl)c(Cl)c1)C(F)(F)F. The van der Waals surface area contributed by atoms with Gasteiger partial charge in [0, 0.05) is 11.6 Å². The summed E-state index contributed by atoms with van der Waals surface area (Å²) in [6.45, 7) is 0.596. The zero-order chi connectivity index (χ0) is 20.5. The van der Waals surface area contributed by atoms with E-state index in [0.29, 0.717) is 12.5 Å². The van der Waals surface area contributed by atoms with Gasteiger partial charge in [0.2, 0.25) is 10.0 Å². The fourth-order valence-electron chi connectivity index (χ4n) is 2.28. The normalized spacial score (nSPS) is 14.8. The standard InChI is InChI=1S/C17H16Cl2F3NO3S/c1-16(24,17(20,21)22)12-7-6-11(14(19)10-12)8-9-23-27(25,26)15-5-3-2-4-13(15)18/h2-7,10,23-24H,8-9H2,1H3. The smallest absolute Gasteiger partial charge is 0.376 e. The van der Waals surface area contributed by atoms with Crippen molar-refractivity contribution in [1.29, 1.82) is 0 Å². The predicted octanol–water partition coefficient (Wildman–Crippen LogP) is 4.28. The first-order valence-corrected chi connectivity index (χ1v) is 9.92. The van der Waals surface area contributed by atoms with Crippen molar-refractivity contribution in [2.24, 2.45) is 0 Å². The zero-order valence-electron chi connectivity index (χ0n) is 14.0. The molecule has 1 atom stereocenters. The van der Waals surface area contributed by atoms with Crippen LogP contribution in [0.1, 0.15) is 18.1 Å². The maximum Gasteiger partial charge on any atom is 0.421 e. The first-order valence-electron chi connectivity index (χ1n) is 7.68. The summed E-state index contributed by atoms with van der Waals surface area (Å²) in [7, 11) is -3.84. The third kappa shape index (κ3) is 4.94. The Morgan fingerprint density at radius 3 is 2.26 bits per heavy atom. The van der Waals surface area contributed by atoms with E-state index >= 15 is 0 Å². The van der Waals surface area contributed by atoms with Gasteiger partial charge in [-0.05, 0) is 42.7 Å². The summed E-state index contributed by atoms with van der Waals surface area (Å²) in [6, 6.07) is 9.37. The van der Waals surface area contributed by atoms with Crippen LogP contribution in [0.4, 0.5) is 13.2 Å². The highest BCUT2D eigenvalue weighted by molar-refractivity contribution is 7.89. The van der Waals surface area contributed by atoms with Crippen LogP contribution in [0.5, 0.6) is 0 Å². The first kappa shape index (κ1) is 22.0. The third-order valence-electron chi connectivity index (χ3n) is 3.98. The Labute approximate surface area is 165 Å². The molecule has 27 heavy (non-hydrogen) atoms. The molecule has 0 bridgehead atoms. The van der Waals surface area contributed by atoms with Gasteiger partial charge >= 0.3 is 6.18 Å². The van der Waals surface area contributed by atoms with Gasteiger partial charge in [0.1, 0.15) is 4.90 Å². The number of hydrogen-bond donors (Lipinski definition) is 2. The van der Waals surface area contributed by atoms with Gasteiger partial charge in [0.15, 0.2) is 5.60 Å². The second-order valence-corrected chi connectivity index (χ2v) is 8.50. The molecule has 0 aromatic heterocycles. The molecule has 0 saturated heterocycles. The van der Waals surface area contributed by atoms with E-state index in [0.717, 1.165) is 12.1 Å². The lowest BCUT2D eigenvalue weighted by Gasteiger charge is -2.27. The van der Waals surface area contributed by atoms with Gasteiger partial charge in [-0.25, -0.2) is 13.1 Å². The predicted molar refractivity (Wildman–Crippen MR) is 97.4 cm³/mol. The number of hydrogen-bond acceptors (Lipinski definition) is 3. The number of halogens is 5. The Morgan fingerprint density at radius 1 is 1.07 bits per heavy atom. The Hall–Kier alpha value is -1.32. The van der Waals surface area contributed by atoms with Crippen molar-refractivity contribution in [2.75, 3.05) is 6.54 Å². The van der Waals surface area contributed by atoms with E-state index in [1.54, 1.807) is 6.07 Å². The summed E-state index contributed by atoms with van der Waals surface area (Å²) >= 11 is 11.9. The molecule has 2 aromatic rings. The van der Waals surface area contributed by atoms with Crippen LogP contribution < -0.4 is 4.72 Å². The Bertz CT molecular complexity index is 931. The zero-order valence-corrected chi connectivity index (χ0v) is 16.3. The average molecular weight is 442 g/mol. The second-order valence-electron chi connectivity index (χ2n) is 5.95. The van der Waals surface area contributed by atoms with Crippen LogP contribution in [0, 0.1) is 0 Å². The molecule has 4 nitrogen and oxygen atoms in total. The Kier molecular flexibility index (Phi) is 6.48. The first-order chi connectivity index (χ1) is 12.4. The minimum absolute atomic E-state index is 0.00559. The molecular weight excluding hydrogens is 426 g/mol. The van der Waals surface area contributed by atoms with E-state index in [-0.39, 0.29) is 27.9 Å². The monoisotopic (exact) mass is 441 g/mol.